The molecule has 0 saturated carbocycles. The van der Waals surface area contributed by atoms with Gasteiger partial charge < -0.3 is 5.32 Å². The van der Waals surface area contributed by atoms with Gasteiger partial charge in [0.25, 0.3) is 0 Å². The van der Waals surface area contributed by atoms with Gasteiger partial charge >= 0.3 is 0 Å². The number of rotatable bonds is 4. The highest BCUT2D eigenvalue weighted by Crippen LogP contribution is 2.27. The van der Waals surface area contributed by atoms with E-state index in [-0.39, 0.29) is 24.8 Å². The number of hydrogen-bond acceptors (Lipinski definition) is 2. The fourth-order valence-corrected chi connectivity index (χ4v) is 2.59. The predicted octanol–water partition coefficient (Wildman–Crippen LogP) is 3.36. The molecule has 2 nitrogen and oxygen atoms in total. The third-order valence-corrected chi connectivity index (χ3v) is 3.53. The number of benzene rings is 1. The van der Waals surface area contributed by atoms with Crippen molar-refractivity contribution in [3.8, 4) is 0 Å². The maximum absolute atomic E-state index is 3.91. The van der Waals surface area contributed by atoms with Gasteiger partial charge in [0.15, 0.2) is 0 Å². The fourth-order valence-electron chi connectivity index (χ4n) is 2.59. The van der Waals surface area contributed by atoms with Crippen molar-refractivity contribution >= 4 is 24.8 Å². The SMILES string of the molecule is C=CC[C@@H](c1ccccc1C)N1CCNCC1.Cl.Cl. The molecule has 0 aliphatic carbocycles. The van der Waals surface area contributed by atoms with E-state index in [1.54, 1.807) is 0 Å². The largest absolute Gasteiger partial charge is 0.314 e. The van der Waals surface area contributed by atoms with Crippen molar-refractivity contribution in [3.63, 3.8) is 0 Å². The van der Waals surface area contributed by atoms with Gasteiger partial charge in [0.1, 0.15) is 0 Å². The number of piperazine rings is 1. The number of aryl methyl sites for hydroxylation is 1. The van der Waals surface area contributed by atoms with Crippen LogP contribution < -0.4 is 5.32 Å². The van der Waals surface area contributed by atoms with Crippen molar-refractivity contribution in [1.29, 1.82) is 0 Å². The molecule has 1 N–H and O–H groups in total. The molecule has 0 radical (unpaired) electrons. The minimum atomic E-state index is 0. The fraction of sp³-hybridized carbons (Fsp3) is 0.467. The summed E-state index contributed by atoms with van der Waals surface area (Å²) in [6.45, 7) is 10.6. The second-order valence-corrected chi connectivity index (χ2v) is 4.68. The number of nitrogens with one attached hydrogen (secondary N) is 1. The zero-order chi connectivity index (χ0) is 12.1. The van der Waals surface area contributed by atoms with Gasteiger partial charge in [0.2, 0.25) is 0 Å². The Labute approximate surface area is 129 Å². The molecule has 1 aliphatic rings. The first-order chi connectivity index (χ1) is 8.33. The van der Waals surface area contributed by atoms with E-state index in [0.717, 1.165) is 32.6 Å². The third kappa shape index (κ3) is 4.81. The Bertz CT molecular complexity index is 376. The molecule has 1 aromatic rings. The van der Waals surface area contributed by atoms with Crippen molar-refractivity contribution < 1.29 is 0 Å². The van der Waals surface area contributed by atoms with Gasteiger partial charge in [-0.05, 0) is 24.5 Å². The lowest BCUT2D eigenvalue weighted by Crippen LogP contribution is -2.45. The molecule has 1 heterocycles. The van der Waals surface area contributed by atoms with Gasteiger partial charge in [0, 0.05) is 32.2 Å². The molecule has 1 saturated heterocycles. The van der Waals surface area contributed by atoms with Crippen molar-refractivity contribution in [2.24, 2.45) is 0 Å². The molecular formula is C15H24Cl2N2. The van der Waals surface area contributed by atoms with Crippen molar-refractivity contribution in [2.45, 2.75) is 19.4 Å². The lowest BCUT2D eigenvalue weighted by atomic mass is 9.97. The quantitative estimate of drug-likeness (QED) is 0.858. The summed E-state index contributed by atoms with van der Waals surface area (Å²) in [5.74, 6) is 0. The normalized spacial score (nSPS) is 16.9. The van der Waals surface area contributed by atoms with E-state index >= 15 is 0 Å². The molecular weight excluding hydrogens is 279 g/mol. The average Bonchev–Trinajstić information content (AvgIpc) is 2.38. The molecule has 0 bridgehead atoms. The monoisotopic (exact) mass is 302 g/mol. The van der Waals surface area contributed by atoms with E-state index in [0.29, 0.717) is 6.04 Å². The van der Waals surface area contributed by atoms with Crippen LogP contribution in [0.1, 0.15) is 23.6 Å². The topological polar surface area (TPSA) is 15.3 Å². The number of hydrogen-bond donors (Lipinski definition) is 1. The summed E-state index contributed by atoms with van der Waals surface area (Å²) in [7, 11) is 0. The van der Waals surface area contributed by atoms with Crippen molar-refractivity contribution in [1.82, 2.24) is 10.2 Å². The van der Waals surface area contributed by atoms with Crippen molar-refractivity contribution in [2.75, 3.05) is 26.2 Å². The standard InChI is InChI=1S/C15H22N2.2ClH/c1-3-6-15(17-11-9-16-10-12-17)14-8-5-4-7-13(14)2;;/h3-5,7-8,15-16H,1,6,9-12H2,2H3;2*1H/t15-;;/m0../s1. The van der Waals surface area contributed by atoms with Gasteiger partial charge in [-0.1, -0.05) is 30.3 Å². The first-order valence-electron chi connectivity index (χ1n) is 6.44. The maximum Gasteiger partial charge on any atom is 0.0386 e. The zero-order valence-corrected chi connectivity index (χ0v) is 13.1. The lowest BCUT2D eigenvalue weighted by molar-refractivity contribution is 0.174. The van der Waals surface area contributed by atoms with Crippen LogP contribution >= 0.6 is 24.8 Å². The van der Waals surface area contributed by atoms with Gasteiger partial charge in [-0.3, -0.25) is 4.90 Å². The molecule has 1 atom stereocenters. The predicted molar refractivity (Wildman–Crippen MR) is 87.7 cm³/mol. The second-order valence-electron chi connectivity index (χ2n) is 4.68. The third-order valence-electron chi connectivity index (χ3n) is 3.53. The minimum Gasteiger partial charge on any atom is -0.314 e. The van der Waals surface area contributed by atoms with Crippen LogP contribution in [-0.2, 0) is 0 Å². The van der Waals surface area contributed by atoms with E-state index in [1.165, 1.54) is 11.1 Å². The molecule has 0 spiro atoms. The highest BCUT2D eigenvalue weighted by molar-refractivity contribution is 5.85. The number of halogens is 2. The summed E-state index contributed by atoms with van der Waals surface area (Å²) < 4.78 is 0. The highest BCUT2D eigenvalue weighted by Gasteiger charge is 2.21. The Morgan fingerprint density at radius 1 is 1.26 bits per heavy atom. The van der Waals surface area contributed by atoms with E-state index in [4.69, 9.17) is 0 Å². The van der Waals surface area contributed by atoms with Gasteiger partial charge in [-0.15, -0.1) is 31.4 Å². The average molecular weight is 303 g/mol. The highest BCUT2D eigenvalue weighted by atomic mass is 35.5. The van der Waals surface area contributed by atoms with Crippen LogP contribution in [0.3, 0.4) is 0 Å². The number of nitrogens with zero attached hydrogens (tertiary/aromatic N) is 1. The van der Waals surface area contributed by atoms with Gasteiger partial charge in [-0.2, -0.15) is 0 Å². The first kappa shape index (κ1) is 18.5. The lowest BCUT2D eigenvalue weighted by Gasteiger charge is -2.35. The van der Waals surface area contributed by atoms with E-state index in [9.17, 15) is 0 Å². The van der Waals surface area contributed by atoms with Crippen LogP contribution in [0.4, 0.5) is 0 Å². The van der Waals surface area contributed by atoms with Crippen LogP contribution in [0.25, 0.3) is 0 Å². The molecule has 0 aromatic heterocycles. The first-order valence-corrected chi connectivity index (χ1v) is 6.44. The van der Waals surface area contributed by atoms with Crippen molar-refractivity contribution in [3.05, 3.63) is 48.0 Å². The van der Waals surface area contributed by atoms with Crippen LogP contribution in [0.2, 0.25) is 0 Å². The Morgan fingerprint density at radius 2 is 1.89 bits per heavy atom. The van der Waals surface area contributed by atoms with Crippen LogP contribution in [-0.4, -0.2) is 31.1 Å². The molecule has 4 heteroatoms. The molecule has 0 amide bonds. The molecule has 19 heavy (non-hydrogen) atoms. The minimum absolute atomic E-state index is 0. The van der Waals surface area contributed by atoms with Gasteiger partial charge in [-0.25, -0.2) is 0 Å². The smallest absolute Gasteiger partial charge is 0.0386 e. The summed E-state index contributed by atoms with van der Waals surface area (Å²) in [4.78, 5) is 2.57. The molecule has 0 unspecified atom stereocenters. The Hall–Kier alpha value is -0.540. The molecule has 1 aromatic carbocycles. The summed E-state index contributed by atoms with van der Waals surface area (Å²) in [5.41, 5.74) is 2.84. The summed E-state index contributed by atoms with van der Waals surface area (Å²) in [5, 5.41) is 3.41. The second kappa shape index (κ2) is 9.38. The Balaban J connectivity index is 0.00000162. The zero-order valence-electron chi connectivity index (χ0n) is 11.5. The summed E-state index contributed by atoms with van der Waals surface area (Å²) in [6.07, 6.45) is 3.07. The van der Waals surface area contributed by atoms with E-state index in [1.807, 2.05) is 6.08 Å². The Morgan fingerprint density at radius 3 is 2.47 bits per heavy atom. The van der Waals surface area contributed by atoms with E-state index in [2.05, 4.69) is 48.0 Å². The molecule has 1 fully saturated rings. The summed E-state index contributed by atoms with van der Waals surface area (Å²) in [6, 6.07) is 9.21. The molecule has 1 aliphatic heterocycles. The molecule has 2 rings (SSSR count). The van der Waals surface area contributed by atoms with E-state index < -0.39 is 0 Å². The van der Waals surface area contributed by atoms with Crippen LogP contribution in [0, 0.1) is 6.92 Å². The van der Waals surface area contributed by atoms with Gasteiger partial charge in [0.05, 0.1) is 0 Å². The maximum atomic E-state index is 3.91. The van der Waals surface area contributed by atoms with Crippen LogP contribution in [0.15, 0.2) is 36.9 Å². The summed E-state index contributed by atoms with van der Waals surface area (Å²) >= 11 is 0. The van der Waals surface area contributed by atoms with Crippen LogP contribution in [0.5, 0.6) is 0 Å². The Kier molecular flexibility index (Phi) is 9.11. The molecule has 108 valence electrons.